The fraction of sp³-hybridized carbons (Fsp3) is 0.167. The van der Waals surface area contributed by atoms with Gasteiger partial charge in [-0.25, -0.2) is 4.39 Å². The van der Waals surface area contributed by atoms with Crippen molar-refractivity contribution in [3.63, 3.8) is 0 Å². The number of benzene rings is 2. The van der Waals surface area contributed by atoms with E-state index in [2.05, 4.69) is 10.6 Å². The van der Waals surface area contributed by atoms with Gasteiger partial charge in [-0.3, -0.25) is 14.4 Å². The van der Waals surface area contributed by atoms with Gasteiger partial charge in [0.05, 0.1) is 5.56 Å². The summed E-state index contributed by atoms with van der Waals surface area (Å²) in [5.74, 6) is -2.25. The molecule has 0 unspecified atom stereocenters. The van der Waals surface area contributed by atoms with Gasteiger partial charge < -0.3 is 16.4 Å². The zero-order valence-electron chi connectivity index (χ0n) is 13.7. The zero-order chi connectivity index (χ0) is 19.1. The Bertz CT molecular complexity index is 825. The molecule has 2 aromatic rings. The fourth-order valence-corrected chi connectivity index (χ4v) is 2.30. The first-order chi connectivity index (χ1) is 12.4. The second-order valence-corrected chi connectivity index (χ2v) is 5.91. The van der Waals surface area contributed by atoms with Gasteiger partial charge in [-0.2, -0.15) is 0 Å². The number of carbonyl (C=O) groups excluding carboxylic acids is 3. The van der Waals surface area contributed by atoms with Crippen LogP contribution in [0.5, 0.6) is 0 Å². The highest BCUT2D eigenvalue weighted by molar-refractivity contribution is 6.30. The maximum atomic E-state index is 13.4. The molecule has 0 saturated heterocycles. The summed E-state index contributed by atoms with van der Waals surface area (Å²) in [5, 5.41) is 5.79. The van der Waals surface area contributed by atoms with E-state index in [0.717, 1.165) is 6.07 Å². The van der Waals surface area contributed by atoms with E-state index in [1.165, 1.54) is 12.1 Å². The van der Waals surface area contributed by atoms with Crippen LogP contribution in [-0.4, -0.2) is 24.3 Å². The third-order valence-electron chi connectivity index (χ3n) is 3.49. The minimum absolute atomic E-state index is 0.143. The van der Waals surface area contributed by atoms with Gasteiger partial charge in [-0.1, -0.05) is 11.6 Å². The predicted molar refractivity (Wildman–Crippen MR) is 96.6 cm³/mol. The molecule has 0 atom stereocenters. The molecule has 136 valence electrons. The maximum absolute atomic E-state index is 13.4. The minimum atomic E-state index is -0.913. The molecule has 0 aliphatic carbocycles. The highest BCUT2D eigenvalue weighted by atomic mass is 35.5. The summed E-state index contributed by atoms with van der Waals surface area (Å²) in [4.78, 5) is 34.9. The molecule has 8 heteroatoms. The van der Waals surface area contributed by atoms with Crippen LogP contribution in [0.3, 0.4) is 0 Å². The van der Waals surface area contributed by atoms with Crippen LogP contribution in [0.1, 0.15) is 33.6 Å². The van der Waals surface area contributed by atoms with E-state index < -0.39 is 11.7 Å². The van der Waals surface area contributed by atoms with Crippen LogP contribution in [0.2, 0.25) is 5.02 Å². The summed E-state index contributed by atoms with van der Waals surface area (Å²) in [6.45, 7) is 0.310. The average Bonchev–Trinajstić information content (AvgIpc) is 2.60. The number of halogens is 2. The number of primary amides is 1. The molecule has 26 heavy (non-hydrogen) atoms. The van der Waals surface area contributed by atoms with Gasteiger partial charge in [0.25, 0.3) is 11.8 Å². The third kappa shape index (κ3) is 5.56. The molecule has 0 spiro atoms. The van der Waals surface area contributed by atoms with Crippen LogP contribution in [0, 0.1) is 5.82 Å². The van der Waals surface area contributed by atoms with Crippen molar-refractivity contribution >= 4 is 35.0 Å². The Kier molecular flexibility index (Phi) is 6.68. The number of nitrogens with one attached hydrogen (secondary N) is 2. The standard InChI is InChI=1S/C18H17ClFN3O3/c19-12-5-3-11(4-6-12)18(26)22-9-1-2-16(24)23-13-7-8-15(20)14(10-13)17(21)25/h3-8,10H,1-2,9H2,(H2,21,25)(H,22,26)(H,23,24). The molecule has 2 rings (SSSR count). The number of carbonyl (C=O) groups is 3. The molecule has 3 amide bonds. The number of anilines is 1. The van der Waals surface area contributed by atoms with Crippen molar-refractivity contribution in [2.24, 2.45) is 5.73 Å². The van der Waals surface area contributed by atoms with Gasteiger partial charge >= 0.3 is 0 Å². The summed E-state index contributed by atoms with van der Waals surface area (Å²) in [6, 6.07) is 10.0. The lowest BCUT2D eigenvalue weighted by molar-refractivity contribution is -0.116. The monoisotopic (exact) mass is 377 g/mol. The molecule has 2 aromatic carbocycles. The lowest BCUT2D eigenvalue weighted by Crippen LogP contribution is -2.25. The van der Waals surface area contributed by atoms with Crippen LogP contribution < -0.4 is 16.4 Å². The first-order valence-electron chi connectivity index (χ1n) is 7.80. The minimum Gasteiger partial charge on any atom is -0.366 e. The molecule has 0 heterocycles. The van der Waals surface area contributed by atoms with Gasteiger partial charge in [-0.05, 0) is 48.9 Å². The third-order valence-corrected chi connectivity index (χ3v) is 3.74. The number of hydrogen-bond donors (Lipinski definition) is 3. The van der Waals surface area contributed by atoms with Crippen molar-refractivity contribution in [3.8, 4) is 0 Å². The zero-order valence-corrected chi connectivity index (χ0v) is 14.5. The second-order valence-electron chi connectivity index (χ2n) is 5.47. The molecule has 0 aliphatic heterocycles. The van der Waals surface area contributed by atoms with Crippen molar-refractivity contribution < 1.29 is 18.8 Å². The van der Waals surface area contributed by atoms with Crippen molar-refractivity contribution in [1.29, 1.82) is 0 Å². The Hall–Kier alpha value is -2.93. The van der Waals surface area contributed by atoms with Crippen LogP contribution in [-0.2, 0) is 4.79 Å². The Balaban J connectivity index is 1.77. The van der Waals surface area contributed by atoms with E-state index in [0.29, 0.717) is 23.6 Å². The van der Waals surface area contributed by atoms with Crippen molar-refractivity contribution in [3.05, 3.63) is 64.4 Å². The average molecular weight is 378 g/mol. The quantitative estimate of drug-likeness (QED) is 0.646. The summed E-state index contributed by atoms with van der Waals surface area (Å²) < 4.78 is 13.4. The largest absolute Gasteiger partial charge is 0.366 e. The number of nitrogens with two attached hydrogens (primary N) is 1. The fourth-order valence-electron chi connectivity index (χ4n) is 2.17. The van der Waals surface area contributed by atoms with Crippen molar-refractivity contribution in [2.75, 3.05) is 11.9 Å². The van der Waals surface area contributed by atoms with Crippen molar-refractivity contribution in [1.82, 2.24) is 5.32 Å². The van der Waals surface area contributed by atoms with Crippen LogP contribution >= 0.6 is 11.6 Å². The Labute approximate surface area is 154 Å². The Morgan fingerprint density at radius 3 is 2.42 bits per heavy atom. The maximum Gasteiger partial charge on any atom is 0.251 e. The number of amides is 3. The van der Waals surface area contributed by atoms with E-state index >= 15 is 0 Å². The molecule has 0 bridgehead atoms. The van der Waals surface area contributed by atoms with Crippen LogP contribution in [0.25, 0.3) is 0 Å². The molecule has 4 N–H and O–H groups in total. The number of hydrogen-bond acceptors (Lipinski definition) is 3. The van der Waals surface area contributed by atoms with Gasteiger partial charge in [0.1, 0.15) is 5.82 Å². The van der Waals surface area contributed by atoms with E-state index in [1.807, 2.05) is 0 Å². The van der Waals surface area contributed by atoms with Gasteiger partial charge in [0.15, 0.2) is 0 Å². The molecule has 0 radical (unpaired) electrons. The lowest BCUT2D eigenvalue weighted by atomic mass is 10.1. The van der Waals surface area contributed by atoms with Gasteiger partial charge in [0.2, 0.25) is 5.91 Å². The van der Waals surface area contributed by atoms with E-state index in [9.17, 15) is 18.8 Å². The van der Waals surface area contributed by atoms with Gasteiger partial charge in [-0.15, -0.1) is 0 Å². The smallest absolute Gasteiger partial charge is 0.251 e. The summed E-state index contributed by atoms with van der Waals surface area (Å²) in [7, 11) is 0. The van der Waals surface area contributed by atoms with Gasteiger partial charge in [0, 0.05) is 29.2 Å². The molecule has 0 fully saturated rings. The molecule has 0 saturated carbocycles. The Morgan fingerprint density at radius 2 is 1.77 bits per heavy atom. The van der Waals surface area contributed by atoms with Crippen molar-refractivity contribution in [2.45, 2.75) is 12.8 Å². The topological polar surface area (TPSA) is 101 Å². The normalized spacial score (nSPS) is 10.2. The molecule has 0 aliphatic rings. The first kappa shape index (κ1) is 19.4. The van der Waals surface area contributed by atoms with E-state index in [1.54, 1.807) is 24.3 Å². The summed E-state index contributed by atoms with van der Waals surface area (Å²) >= 11 is 5.76. The molecule has 0 aromatic heterocycles. The highest BCUT2D eigenvalue weighted by Crippen LogP contribution is 2.15. The van der Waals surface area contributed by atoms with E-state index in [-0.39, 0.29) is 29.5 Å². The Morgan fingerprint density at radius 1 is 1.08 bits per heavy atom. The molecular weight excluding hydrogens is 361 g/mol. The van der Waals surface area contributed by atoms with Crippen LogP contribution in [0.4, 0.5) is 10.1 Å². The summed E-state index contributed by atoms with van der Waals surface area (Å²) in [6.07, 6.45) is 0.555. The predicted octanol–water partition coefficient (Wildman–Crippen LogP) is 2.73. The lowest BCUT2D eigenvalue weighted by Gasteiger charge is -2.08. The SMILES string of the molecule is NC(=O)c1cc(NC(=O)CCCNC(=O)c2ccc(Cl)cc2)ccc1F. The second kappa shape index (κ2) is 8.96. The molecular formula is C18H17ClFN3O3. The highest BCUT2D eigenvalue weighted by Gasteiger charge is 2.11. The summed E-state index contributed by atoms with van der Waals surface area (Å²) in [5.41, 5.74) is 5.51. The molecule has 6 nitrogen and oxygen atoms in total. The number of rotatable bonds is 7. The first-order valence-corrected chi connectivity index (χ1v) is 8.17. The van der Waals surface area contributed by atoms with Crippen LogP contribution in [0.15, 0.2) is 42.5 Å². The van der Waals surface area contributed by atoms with E-state index in [4.69, 9.17) is 17.3 Å².